The normalized spacial score (nSPS) is 10.5. The maximum absolute atomic E-state index is 7.00. The Bertz CT molecular complexity index is 70.3. The first-order valence-corrected chi connectivity index (χ1v) is 5.52. The number of hydrogen-bond donors (Lipinski definition) is 3. The molecular formula is C11H30N2O. The minimum absolute atomic E-state index is 0.693. The van der Waals surface area contributed by atoms with Crippen LogP contribution in [0.5, 0.6) is 0 Å². The average molecular weight is 206 g/mol. The summed E-state index contributed by atoms with van der Waals surface area (Å²) in [7, 11) is 2.98. The molecule has 0 heterocycles. The molecule has 0 rings (SSSR count). The summed E-state index contributed by atoms with van der Waals surface area (Å²) in [5.74, 6) is 0.693. The largest absolute Gasteiger partial charge is 0.400 e. The molecule has 0 amide bonds. The van der Waals surface area contributed by atoms with Gasteiger partial charge in [-0.05, 0) is 38.9 Å². The molecular weight excluding hydrogens is 176 g/mol. The molecule has 0 aromatic heterocycles. The first kappa shape index (κ1) is 19.5. The molecule has 0 spiro atoms. The van der Waals surface area contributed by atoms with Crippen LogP contribution in [0, 0.1) is 5.92 Å². The van der Waals surface area contributed by atoms with Crippen LogP contribution in [0.4, 0.5) is 0 Å². The molecule has 14 heavy (non-hydrogen) atoms. The van der Waals surface area contributed by atoms with Crippen molar-refractivity contribution in [2.24, 2.45) is 11.7 Å². The van der Waals surface area contributed by atoms with Gasteiger partial charge in [0.15, 0.2) is 0 Å². The zero-order valence-corrected chi connectivity index (χ0v) is 10.6. The van der Waals surface area contributed by atoms with E-state index in [4.69, 9.17) is 10.8 Å². The highest BCUT2D eigenvalue weighted by molar-refractivity contribution is 4.53. The average Bonchev–Trinajstić information content (AvgIpc) is 2.22. The lowest BCUT2D eigenvalue weighted by Crippen LogP contribution is -2.14. The van der Waals surface area contributed by atoms with E-state index in [1.807, 2.05) is 7.05 Å². The molecule has 3 heteroatoms. The molecule has 3 nitrogen and oxygen atoms in total. The molecule has 90 valence electrons. The second kappa shape index (κ2) is 23.1. The maximum Gasteiger partial charge on any atom is 0.0319 e. The number of aliphatic hydroxyl groups is 1. The van der Waals surface area contributed by atoms with Crippen molar-refractivity contribution in [3.05, 3.63) is 0 Å². The van der Waals surface area contributed by atoms with Gasteiger partial charge in [-0.15, -0.1) is 0 Å². The van der Waals surface area contributed by atoms with E-state index < -0.39 is 0 Å². The lowest BCUT2D eigenvalue weighted by Gasteiger charge is -2.06. The first-order valence-electron chi connectivity index (χ1n) is 5.52. The molecule has 1 atom stereocenters. The predicted octanol–water partition coefficient (Wildman–Crippen LogP) is 1.61. The van der Waals surface area contributed by atoms with Gasteiger partial charge in [-0.2, -0.15) is 0 Å². The highest BCUT2D eigenvalue weighted by atomic mass is 16.2. The SMILES string of the molecule is CCC.CNCCCC(C)CN.CO. The van der Waals surface area contributed by atoms with Crippen molar-refractivity contribution in [2.45, 2.75) is 40.0 Å². The Hall–Kier alpha value is -0.120. The second-order valence-electron chi connectivity index (χ2n) is 3.29. The molecule has 0 saturated heterocycles. The molecule has 0 aromatic rings. The number of nitrogens with two attached hydrogens (primary N) is 1. The van der Waals surface area contributed by atoms with E-state index in [1.165, 1.54) is 19.3 Å². The molecule has 4 N–H and O–H groups in total. The minimum Gasteiger partial charge on any atom is -0.400 e. The van der Waals surface area contributed by atoms with Crippen LogP contribution in [-0.2, 0) is 0 Å². The monoisotopic (exact) mass is 206 g/mol. The van der Waals surface area contributed by atoms with Gasteiger partial charge in [-0.25, -0.2) is 0 Å². The van der Waals surface area contributed by atoms with Crippen LogP contribution in [-0.4, -0.2) is 32.4 Å². The van der Waals surface area contributed by atoms with Crippen LogP contribution >= 0.6 is 0 Å². The van der Waals surface area contributed by atoms with Gasteiger partial charge in [0.05, 0.1) is 0 Å². The number of aliphatic hydroxyl groups excluding tert-OH is 1. The Labute approximate surface area is 90.1 Å². The van der Waals surface area contributed by atoms with Crippen LogP contribution in [0.2, 0.25) is 0 Å². The summed E-state index contributed by atoms with van der Waals surface area (Å²) in [5.41, 5.74) is 5.43. The van der Waals surface area contributed by atoms with Crippen molar-refractivity contribution >= 4 is 0 Å². The fourth-order valence-electron chi connectivity index (χ4n) is 0.745. The Morgan fingerprint density at radius 3 is 2.00 bits per heavy atom. The number of rotatable bonds is 5. The minimum atomic E-state index is 0.693. The van der Waals surface area contributed by atoms with Crippen LogP contribution in [0.3, 0.4) is 0 Å². The van der Waals surface area contributed by atoms with E-state index >= 15 is 0 Å². The van der Waals surface area contributed by atoms with Crippen molar-refractivity contribution in [3.63, 3.8) is 0 Å². The van der Waals surface area contributed by atoms with Crippen molar-refractivity contribution < 1.29 is 5.11 Å². The van der Waals surface area contributed by atoms with Crippen molar-refractivity contribution in [2.75, 3.05) is 27.2 Å². The highest BCUT2D eigenvalue weighted by Crippen LogP contribution is 2.00. The Balaban J connectivity index is -0.000000205. The lowest BCUT2D eigenvalue weighted by atomic mass is 10.1. The fraction of sp³-hybridized carbons (Fsp3) is 1.00. The van der Waals surface area contributed by atoms with Gasteiger partial charge in [-0.3, -0.25) is 0 Å². The third-order valence-electron chi connectivity index (χ3n) is 1.53. The van der Waals surface area contributed by atoms with Gasteiger partial charge < -0.3 is 16.2 Å². The van der Waals surface area contributed by atoms with E-state index in [1.54, 1.807) is 0 Å². The lowest BCUT2D eigenvalue weighted by molar-refractivity contribution is 0.399. The summed E-state index contributed by atoms with van der Waals surface area (Å²) < 4.78 is 0. The van der Waals surface area contributed by atoms with Gasteiger partial charge >= 0.3 is 0 Å². The van der Waals surface area contributed by atoms with Crippen molar-refractivity contribution in [1.29, 1.82) is 0 Å². The Morgan fingerprint density at radius 1 is 1.29 bits per heavy atom. The summed E-state index contributed by atoms with van der Waals surface area (Å²) in [6.45, 7) is 8.38. The molecule has 0 aromatic carbocycles. The van der Waals surface area contributed by atoms with E-state index in [0.29, 0.717) is 5.92 Å². The molecule has 0 aliphatic heterocycles. The summed E-state index contributed by atoms with van der Waals surface area (Å²) in [4.78, 5) is 0. The fourth-order valence-corrected chi connectivity index (χ4v) is 0.745. The summed E-state index contributed by atoms with van der Waals surface area (Å²) in [5, 5.41) is 10.1. The second-order valence-corrected chi connectivity index (χ2v) is 3.29. The van der Waals surface area contributed by atoms with Gasteiger partial charge in [0.25, 0.3) is 0 Å². The molecule has 0 aliphatic rings. The van der Waals surface area contributed by atoms with Crippen LogP contribution in [0.1, 0.15) is 40.0 Å². The Morgan fingerprint density at radius 2 is 1.71 bits per heavy atom. The maximum atomic E-state index is 7.00. The summed E-state index contributed by atoms with van der Waals surface area (Å²) in [6, 6.07) is 0. The highest BCUT2D eigenvalue weighted by Gasteiger charge is 1.95. The van der Waals surface area contributed by atoms with Crippen LogP contribution < -0.4 is 11.1 Å². The standard InChI is InChI=1S/C7H18N2.C3H8.CH4O/c1-7(6-8)4-3-5-9-2;1-3-2;1-2/h7,9H,3-6,8H2,1-2H3;3H2,1-2H3;2H,1H3. The predicted molar refractivity (Wildman–Crippen MR) is 65.5 cm³/mol. The van der Waals surface area contributed by atoms with Gasteiger partial charge in [0, 0.05) is 7.11 Å². The molecule has 0 aliphatic carbocycles. The third-order valence-corrected chi connectivity index (χ3v) is 1.53. The van der Waals surface area contributed by atoms with Crippen molar-refractivity contribution in [3.8, 4) is 0 Å². The molecule has 1 unspecified atom stereocenters. The van der Waals surface area contributed by atoms with Gasteiger partial charge in [0.1, 0.15) is 0 Å². The van der Waals surface area contributed by atoms with E-state index in [2.05, 4.69) is 26.1 Å². The molecule has 0 bridgehead atoms. The quantitative estimate of drug-likeness (QED) is 0.599. The molecule has 0 radical (unpaired) electrons. The molecule has 0 saturated carbocycles. The van der Waals surface area contributed by atoms with Gasteiger partial charge in [-0.1, -0.05) is 27.2 Å². The Kier molecular flexibility index (Phi) is 32.0. The number of hydrogen-bond acceptors (Lipinski definition) is 3. The van der Waals surface area contributed by atoms with Gasteiger partial charge in [0.2, 0.25) is 0 Å². The zero-order valence-electron chi connectivity index (χ0n) is 10.6. The summed E-state index contributed by atoms with van der Waals surface area (Å²) in [6.07, 6.45) is 3.74. The topological polar surface area (TPSA) is 58.3 Å². The van der Waals surface area contributed by atoms with Crippen LogP contribution in [0.25, 0.3) is 0 Å². The summed E-state index contributed by atoms with van der Waals surface area (Å²) >= 11 is 0. The van der Waals surface area contributed by atoms with Crippen LogP contribution in [0.15, 0.2) is 0 Å². The van der Waals surface area contributed by atoms with E-state index in [-0.39, 0.29) is 0 Å². The van der Waals surface area contributed by atoms with E-state index in [0.717, 1.165) is 20.2 Å². The first-order chi connectivity index (χ1) is 6.72. The number of nitrogens with one attached hydrogen (secondary N) is 1. The van der Waals surface area contributed by atoms with E-state index in [9.17, 15) is 0 Å². The molecule has 0 fully saturated rings. The zero-order chi connectivity index (χ0) is 11.8. The van der Waals surface area contributed by atoms with Crippen molar-refractivity contribution in [1.82, 2.24) is 5.32 Å². The smallest absolute Gasteiger partial charge is 0.0319 e. The third kappa shape index (κ3) is 29.7.